The van der Waals surface area contributed by atoms with Gasteiger partial charge < -0.3 is 10.2 Å². The molecule has 0 amide bonds. The standard InChI is InChI=1S/C12H26N2/c1-10-5-6-12(11(2)9-10)13-7-8-14(3)4/h10-13H,5-9H2,1-4H3. The lowest BCUT2D eigenvalue weighted by Crippen LogP contribution is -2.41. The zero-order chi connectivity index (χ0) is 10.6. The highest BCUT2D eigenvalue weighted by Gasteiger charge is 2.24. The van der Waals surface area contributed by atoms with E-state index in [-0.39, 0.29) is 0 Å². The Morgan fingerprint density at radius 1 is 1.21 bits per heavy atom. The van der Waals surface area contributed by atoms with Crippen LogP contribution in [0.4, 0.5) is 0 Å². The molecule has 1 aliphatic carbocycles. The van der Waals surface area contributed by atoms with Gasteiger partial charge >= 0.3 is 0 Å². The lowest BCUT2D eigenvalue weighted by atomic mass is 9.80. The van der Waals surface area contributed by atoms with Crippen molar-refractivity contribution in [3.05, 3.63) is 0 Å². The average molecular weight is 198 g/mol. The zero-order valence-electron chi connectivity index (χ0n) is 10.2. The van der Waals surface area contributed by atoms with Crippen LogP contribution in [-0.4, -0.2) is 38.1 Å². The Morgan fingerprint density at radius 3 is 2.50 bits per heavy atom. The van der Waals surface area contributed by atoms with Crippen molar-refractivity contribution in [1.82, 2.24) is 10.2 Å². The van der Waals surface area contributed by atoms with Crippen molar-refractivity contribution in [2.75, 3.05) is 27.2 Å². The van der Waals surface area contributed by atoms with Gasteiger partial charge in [0, 0.05) is 19.1 Å². The van der Waals surface area contributed by atoms with E-state index in [9.17, 15) is 0 Å². The van der Waals surface area contributed by atoms with E-state index >= 15 is 0 Å². The van der Waals surface area contributed by atoms with Crippen LogP contribution in [0.3, 0.4) is 0 Å². The third-order valence-electron chi connectivity index (χ3n) is 3.40. The smallest absolute Gasteiger partial charge is 0.0101 e. The molecule has 0 aromatic carbocycles. The van der Waals surface area contributed by atoms with Gasteiger partial charge in [0.25, 0.3) is 0 Å². The molecule has 1 rings (SSSR count). The van der Waals surface area contributed by atoms with Crippen molar-refractivity contribution >= 4 is 0 Å². The zero-order valence-corrected chi connectivity index (χ0v) is 10.2. The lowest BCUT2D eigenvalue weighted by Gasteiger charge is -2.33. The monoisotopic (exact) mass is 198 g/mol. The molecule has 0 aliphatic heterocycles. The number of hydrogen-bond acceptors (Lipinski definition) is 2. The topological polar surface area (TPSA) is 15.3 Å². The molecule has 84 valence electrons. The van der Waals surface area contributed by atoms with Crippen LogP contribution in [0.5, 0.6) is 0 Å². The summed E-state index contributed by atoms with van der Waals surface area (Å²) < 4.78 is 0. The largest absolute Gasteiger partial charge is 0.312 e. The molecule has 1 fully saturated rings. The van der Waals surface area contributed by atoms with Crippen LogP contribution in [0.2, 0.25) is 0 Å². The summed E-state index contributed by atoms with van der Waals surface area (Å²) in [6, 6.07) is 0.770. The third-order valence-corrected chi connectivity index (χ3v) is 3.40. The predicted octanol–water partition coefficient (Wildman–Crippen LogP) is 1.96. The van der Waals surface area contributed by atoms with E-state index < -0.39 is 0 Å². The van der Waals surface area contributed by atoms with Crippen LogP contribution in [0, 0.1) is 11.8 Å². The van der Waals surface area contributed by atoms with Gasteiger partial charge in [-0.2, -0.15) is 0 Å². The molecule has 0 spiro atoms. The Morgan fingerprint density at radius 2 is 1.93 bits per heavy atom. The molecule has 0 radical (unpaired) electrons. The van der Waals surface area contributed by atoms with Crippen molar-refractivity contribution in [2.24, 2.45) is 11.8 Å². The van der Waals surface area contributed by atoms with Gasteiger partial charge in [-0.1, -0.05) is 13.8 Å². The molecule has 1 aliphatic rings. The van der Waals surface area contributed by atoms with Crippen LogP contribution in [-0.2, 0) is 0 Å². The van der Waals surface area contributed by atoms with E-state index in [0.717, 1.165) is 31.0 Å². The number of likely N-dealkylation sites (N-methyl/N-ethyl adjacent to an activating group) is 1. The first-order chi connectivity index (χ1) is 6.59. The predicted molar refractivity (Wildman–Crippen MR) is 62.5 cm³/mol. The van der Waals surface area contributed by atoms with E-state index in [0.29, 0.717) is 0 Å². The highest BCUT2D eigenvalue weighted by atomic mass is 15.1. The Bertz CT molecular complexity index is 156. The maximum atomic E-state index is 3.68. The fraction of sp³-hybridized carbons (Fsp3) is 1.00. The summed E-state index contributed by atoms with van der Waals surface area (Å²) in [5, 5.41) is 3.68. The molecular formula is C12H26N2. The van der Waals surface area contributed by atoms with E-state index in [1.807, 2.05) is 0 Å². The molecule has 0 aromatic rings. The average Bonchev–Trinajstić information content (AvgIpc) is 2.08. The van der Waals surface area contributed by atoms with Crippen LogP contribution >= 0.6 is 0 Å². The number of hydrogen-bond donors (Lipinski definition) is 1. The Kier molecular flexibility index (Phi) is 4.90. The maximum Gasteiger partial charge on any atom is 0.0101 e. The first-order valence-corrected chi connectivity index (χ1v) is 5.97. The van der Waals surface area contributed by atoms with Gasteiger partial charge in [0.2, 0.25) is 0 Å². The third kappa shape index (κ3) is 3.97. The van der Waals surface area contributed by atoms with E-state index in [2.05, 4.69) is 38.2 Å². The summed E-state index contributed by atoms with van der Waals surface area (Å²) in [5.74, 6) is 1.80. The first-order valence-electron chi connectivity index (χ1n) is 5.97. The van der Waals surface area contributed by atoms with Crippen LogP contribution in [0.15, 0.2) is 0 Å². The molecule has 0 heterocycles. The van der Waals surface area contributed by atoms with E-state index in [1.54, 1.807) is 0 Å². The molecule has 0 saturated heterocycles. The molecule has 0 aromatic heterocycles. The maximum absolute atomic E-state index is 3.68. The highest BCUT2D eigenvalue weighted by molar-refractivity contribution is 4.80. The second kappa shape index (κ2) is 5.72. The molecule has 14 heavy (non-hydrogen) atoms. The Balaban J connectivity index is 2.17. The molecule has 3 unspecified atom stereocenters. The van der Waals surface area contributed by atoms with Crippen molar-refractivity contribution in [3.8, 4) is 0 Å². The highest BCUT2D eigenvalue weighted by Crippen LogP contribution is 2.28. The van der Waals surface area contributed by atoms with Gasteiger partial charge in [0.15, 0.2) is 0 Å². The van der Waals surface area contributed by atoms with Crippen LogP contribution in [0.1, 0.15) is 33.1 Å². The summed E-state index contributed by atoms with van der Waals surface area (Å²) in [6.07, 6.45) is 4.18. The van der Waals surface area contributed by atoms with Gasteiger partial charge in [0.1, 0.15) is 0 Å². The number of rotatable bonds is 4. The van der Waals surface area contributed by atoms with E-state index in [1.165, 1.54) is 19.3 Å². The SMILES string of the molecule is CC1CCC(NCCN(C)C)C(C)C1. The van der Waals surface area contributed by atoms with Crippen molar-refractivity contribution < 1.29 is 0 Å². The van der Waals surface area contributed by atoms with Gasteiger partial charge in [-0.05, 0) is 45.2 Å². The molecule has 1 saturated carbocycles. The summed E-state index contributed by atoms with van der Waals surface area (Å²) >= 11 is 0. The number of nitrogens with one attached hydrogen (secondary N) is 1. The van der Waals surface area contributed by atoms with Crippen molar-refractivity contribution in [2.45, 2.75) is 39.2 Å². The van der Waals surface area contributed by atoms with Crippen LogP contribution < -0.4 is 5.32 Å². The molecule has 0 bridgehead atoms. The van der Waals surface area contributed by atoms with Gasteiger partial charge in [-0.15, -0.1) is 0 Å². The van der Waals surface area contributed by atoms with Gasteiger partial charge in [-0.3, -0.25) is 0 Å². The minimum absolute atomic E-state index is 0.770. The Labute approximate surface area is 89.1 Å². The summed E-state index contributed by atoms with van der Waals surface area (Å²) in [5.41, 5.74) is 0. The lowest BCUT2D eigenvalue weighted by molar-refractivity contribution is 0.223. The minimum atomic E-state index is 0.770. The first kappa shape index (κ1) is 12.0. The normalized spacial score (nSPS) is 33.6. The summed E-state index contributed by atoms with van der Waals surface area (Å²) in [4.78, 5) is 2.24. The summed E-state index contributed by atoms with van der Waals surface area (Å²) in [6.45, 7) is 7.06. The Hall–Kier alpha value is -0.0800. The number of nitrogens with zero attached hydrogens (tertiary/aromatic N) is 1. The minimum Gasteiger partial charge on any atom is -0.312 e. The second-order valence-electron chi connectivity index (χ2n) is 5.26. The van der Waals surface area contributed by atoms with Crippen LogP contribution in [0.25, 0.3) is 0 Å². The van der Waals surface area contributed by atoms with Gasteiger partial charge in [-0.25, -0.2) is 0 Å². The molecule has 3 atom stereocenters. The van der Waals surface area contributed by atoms with E-state index in [4.69, 9.17) is 0 Å². The van der Waals surface area contributed by atoms with Gasteiger partial charge in [0.05, 0.1) is 0 Å². The van der Waals surface area contributed by atoms with Crippen molar-refractivity contribution in [1.29, 1.82) is 0 Å². The fourth-order valence-electron chi connectivity index (χ4n) is 2.44. The molecule has 1 N–H and O–H groups in total. The second-order valence-corrected chi connectivity index (χ2v) is 5.26. The molecule has 2 nitrogen and oxygen atoms in total. The quantitative estimate of drug-likeness (QED) is 0.743. The molecular weight excluding hydrogens is 172 g/mol. The fourth-order valence-corrected chi connectivity index (χ4v) is 2.44. The molecule has 2 heteroatoms. The summed E-state index contributed by atoms with van der Waals surface area (Å²) in [7, 11) is 4.27. The van der Waals surface area contributed by atoms with Crippen molar-refractivity contribution in [3.63, 3.8) is 0 Å².